The van der Waals surface area contributed by atoms with Crippen molar-refractivity contribution in [3.8, 4) is 5.75 Å². The summed E-state index contributed by atoms with van der Waals surface area (Å²) >= 11 is 0. The van der Waals surface area contributed by atoms with E-state index in [1.165, 1.54) is 0 Å². The van der Waals surface area contributed by atoms with E-state index in [1.54, 1.807) is 12.1 Å². The minimum atomic E-state index is -0.574. The van der Waals surface area contributed by atoms with Gasteiger partial charge in [-0.15, -0.1) is 0 Å². The number of Topliss-reactive ketones (excluding diaryl/α,β-unsaturated/α-hetero) is 1. The standard InChI is InChI=1S/C27H41NO4/c1-16-12-18(14-19(29)13-16)23(30)22-17(2)20(28-24(31)32-25(3,4)5)15-21-26(6,7)10-9-11-27(21,22)8/h12-14,17,20-22,29H,9-11,15H2,1-8H3,(H,28,31)/t17?,20?,21-,22+,27-/m0/s1. The highest BCUT2D eigenvalue weighted by Crippen LogP contribution is 2.61. The Kier molecular flexibility index (Phi) is 6.45. The SMILES string of the molecule is Cc1cc(O)cc(C(=O)[C@H]2C(C)C(NC(=O)OC(C)(C)C)C[C@H]3C(C)(C)CCC[C@]23C)c1. The lowest BCUT2D eigenvalue weighted by Gasteiger charge is -2.60. The van der Waals surface area contributed by atoms with E-state index < -0.39 is 11.7 Å². The minimum Gasteiger partial charge on any atom is -0.508 e. The second kappa shape index (κ2) is 8.39. The van der Waals surface area contributed by atoms with Crippen molar-refractivity contribution in [2.45, 2.75) is 92.7 Å². The van der Waals surface area contributed by atoms with Gasteiger partial charge in [0.05, 0.1) is 0 Å². The number of rotatable bonds is 3. The van der Waals surface area contributed by atoms with E-state index in [0.29, 0.717) is 11.5 Å². The van der Waals surface area contributed by atoms with Gasteiger partial charge in [-0.3, -0.25) is 4.79 Å². The Morgan fingerprint density at radius 1 is 1.12 bits per heavy atom. The highest BCUT2D eigenvalue weighted by atomic mass is 16.6. The van der Waals surface area contributed by atoms with Crippen molar-refractivity contribution in [2.24, 2.45) is 28.6 Å². The van der Waals surface area contributed by atoms with Gasteiger partial charge in [0.15, 0.2) is 5.78 Å². The lowest BCUT2D eigenvalue weighted by molar-refractivity contribution is -0.0916. The second-order valence-corrected chi connectivity index (χ2v) is 12.1. The third-order valence-electron chi connectivity index (χ3n) is 7.97. The number of carbonyl (C=O) groups excluding carboxylic acids is 2. The average molecular weight is 444 g/mol. The van der Waals surface area contributed by atoms with Crippen molar-refractivity contribution in [2.75, 3.05) is 0 Å². The van der Waals surface area contributed by atoms with Crippen molar-refractivity contribution >= 4 is 11.9 Å². The maximum atomic E-state index is 14.0. The summed E-state index contributed by atoms with van der Waals surface area (Å²) in [7, 11) is 0. The van der Waals surface area contributed by atoms with Crippen LogP contribution in [0.25, 0.3) is 0 Å². The van der Waals surface area contributed by atoms with Gasteiger partial charge >= 0.3 is 6.09 Å². The molecule has 2 saturated carbocycles. The van der Waals surface area contributed by atoms with Crippen molar-refractivity contribution < 1.29 is 19.4 Å². The minimum absolute atomic E-state index is 0.0483. The molecule has 0 radical (unpaired) electrons. The van der Waals surface area contributed by atoms with Crippen molar-refractivity contribution in [1.29, 1.82) is 0 Å². The monoisotopic (exact) mass is 443 g/mol. The predicted octanol–water partition coefficient (Wildman–Crippen LogP) is 6.27. The third-order valence-corrected chi connectivity index (χ3v) is 7.97. The van der Waals surface area contributed by atoms with Crippen molar-refractivity contribution in [3.05, 3.63) is 29.3 Å². The van der Waals surface area contributed by atoms with E-state index in [9.17, 15) is 14.7 Å². The van der Waals surface area contributed by atoms with Crippen molar-refractivity contribution in [1.82, 2.24) is 5.32 Å². The van der Waals surface area contributed by atoms with Gasteiger partial charge in [-0.05, 0) is 93.4 Å². The molecule has 0 heterocycles. The van der Waals surface area contributed by atoms with Gasteiger partial charge in [0.1, 0.15) is 11.4 Å². The molecule has 5 heteroatoms. The summed E-state index contributed by atoms with van der Waals surface area (Å²) in [5, 5.41) is 13.2. The Hall–Kier alpha value is -2.04. The first-order valence-corrected chi connectivity index (χ1v) is 12.0. The molecule has 1 aromatic carbocycles. The molecule has 3 rings (SSSR count). The van der Waals surface area contributed by atoms with Crippen LogP contribution in [0.4, 0.5) is 4.79 Å². The fourth-order valence-corrected chi connectivity index (χ4v) is 6.70. The lowest BCUT2D eigenvalue weighted by Crippen LogP contribution is -2.60. The maximum absolute atomic E-state index is 14.0. The maximum Gasteiger partial charge on any atom is 0.407 e. The molecule has 2 N–H and O–H groups in total. The summed E-state index contributed by atoms with van der Waals surface area (Å²) in [6.07, 6.45) is 3.63. The third kappa shape index (κ3) is 4.82. The Morgan fingerprint density at radius 2 is 1.78 bits per heavy atom. The largest absolute Gasteiger partial charge is 0.508 e. The molecule has 0 spiro atoms. The number of alkyl carbamates (subject to hydrolysis) is 1. The van der Waals surface area contributed by atoms with Crippen LogP contribution in [0, 0.1) is 35.5 Å². The molecular weight excluding hydrogens is 402 g/mol. The number of ether oxygens (including phenoxy) is 1. The lowest BCUT2D eigenvalue weighted by atomic mass is 9.45. The highest BCUT2D eigenvalue weighted by Gasteiger charge is 2.58. The average Bonchev–Trinajstić information content (AvgIpc) is 2.60. The van der Waals surface area contributed by atoms with Crippen molar-refractivity contribution in [3.63, 3.8) is 0 Å². The van der Waals surface area contributed by atoms with Crippen LogP contribution in [0.1, 0.15) is 90.1 Å². The number of hydrogen-bond acceptors (Lipinski definition) is 4. The van der Waals surface area contributed by atoms with Crippen LogP contribution in [0.15, 0.2) is 18.2 Å². The number of ketones is 1. The van der Waals surface area contributed by atoms with E-state index in [2.05, 4.69) is 33.0 Å². The Bertz CT molecular complexity index is 864. The van der Waals surface area contributed by atoms with Gasteiger partial charge in [-0.1, -0.05) is 34.1 Å². The van der Waals surface area contributed by atoms with Gasteiger partial charge in [0.25, 0.3) is 0 Å². The topological polar surface area (TPSA) is 75.6 Å². The van der Waals surface area contributed by atoms with Crippen LogP contribution < -0.4 is 5.32 Å². The molecule has 0 saturated heterocycles. The molecule has 2 aliphatic carbocycles. The Morgan fingerprint density at radius 3 is 2.38 bits per heavy atom. The molecule has 2 unspecified atom stereocenters. The number of aryl methyl sites for hydroxylation is 1. The van der Waals surface area contributed by atoms with Gasteiger partial charge in [-0.25, -0.2) is 4.79 Å². The zero-order valence-corrected chi connectivity index (χ0v) is 21.0. The smallest absolute Gasteiger partial charge is 0.407 e. The molecule has 0 aromatic heterocycles. The number of amides is 1. The molecule has 178 valence electrons. The van der Waals surface area contributed by atoms with Crippen LogP contribution >= 0.6 is 0 Å². The van der Waals surface area contributed by atoms with Crippen LogP contribution in [-0.2, 0) is 4.74 Å². The number of carbonyl (C=O) groups is 2. The first kappa shape index (κ1) is 24.6. The van der Waals surface area contributed by atoms with Gasteiger partial charge in [0, 0.05) is 17.5 Å². The summed E-state index contributed by atoms with van der Waals surface area (Å²) in [6.45, 7) is 16.4. The summed E-state index contributed by atoms with van der Waals surface area (Å²) in [5.41, 5.74) is 0.763. The summed E-state index contributed by atoms with van der Waals surface area (Å²) in [4.78, 5) is 26.6. The number of hydrogen-bond donors (Lipinski definition) is 2. The first-order valence-electron chi connectivity index (χ1n) is 12.0. The highest BCUT2D eigenvalue weighted by molar-refractivity contribution is 5.99. The fraction of sp³-hybridized carbons (Fsp3) is 0.704. The van der Waals surface area contributed by atoms with Crippen LogP contribution in [0.5, 0.6) is 5.75 Å². The molecule has 5 nitrogen and oxygen atoms in total. The summed E-state index contributed by atoms with van der Waals surface area (Å²) in [6, 6.07) is 4.97. The number of aromatic hydroxyl groups is 1. The van der Waals surface area contributed by atoms with Gasteiger partial charge < -0.3 is 15.2 Å². The van der Waals surface area contributed by atoms with E-state index >= 15 is 0 Å². The molecule has 0 aliphatic heterocycles. The van der Waals surface area contributed by atoms with Gasteiger partial charge in [0.2, 0.25) is 0 Å². The van der Waals surface area contributed by atoms with Crippen LogP contribution in [0.3, 0.4) is 0 Å². The quantitative estimate of drug-likeness (QED) is 0.540. The van der Waals surface area contributed by atoms with E-state index in [-0.39, 0.29) is 40.2 Å². The molecule has 2 fully saturated rings. The number of phenols is 1. The molecule has 0 bridgehead atoms. The summed E-state index contributed by atoms with van der Waals surface area (Å²) < 4.78 is 5.55. The number of nitrogens with one attached hydrogen (secondary N) is 1. The molecule has 32 heavy (non-hydrogen) atoms. The van der Waals surface area contributed by atoms with E-state index in [0.717, 1.165) is 31.2 Å². The fourth-order valence-electron chi connectivity index (χ4n) is 6.70. The zero-order valence-electron chi connectivity index (χ0n) is 21.0. The molecular formula is C27H41NO4. The molecule has 1 aromatic rings. The van der Waals surface area contributed by atoms with Crippen LogP contribution in [0.2, 0.25) is 0 Å². The number of fused-ring (bicyclic) bond motifs is 1. The predicted molar refractivity (Wildman–Crippen MR) is 127 cm³/mol. The molecule has 5 atom stereocenters. The molecule has 1 amide bonds. The Balaban J connectivity index is 2.01. The van der Waals surface area contributed by atoms with E-state index in [1.807, 2.05) is 33.8 Å². The normalized spacial score (nSPS) is 32.0. The Labute approximate surface area is 193 Å². The zero-order chi connectivity index (χ0) is 24.1. The first-order chi connectivity index (χ1) is 14.6. The second-order valence-electron chi connectivity index (χ2n) is 12.1. The number of phenolic OH excluding ortho intramolecular Hbond substituents is 1. The van der Waals surface area contributed by atoms with Gasteiger partial charge in [-0.2, -0.15) is 0 Å². The van der Waals surface area contributed by atoms with E-state index in [4.69, 9.17) is 4.74 Å². The summed E-state index contributed by atoms with van der Waals surface area (Å²) in [5.74, 6) is 0.185. The number of benzene rings is 1. The van der Waals surface area contributed by atoms with Crippen LogP contribution in [-0.4, -0.2) is 28.6 Å². The molecule has 2 aliphatic rings.